The number of benzene rings is 2. The van der Waals surface area contributed by atoms with Crippen molar-refractivity contribution in [3.8, 4) is 0 Å². The van der Waals surface area contributed by atoms with Crippen LogP contribution in [0.5, 0.6) is 0 Å². The molecule has 2 aromatic carbocycles. The van der Waals surface area contributed by atoms with Crippen molar-refractivity contribution in [2.45, 2.75) is 13.2 Å². The molecule has 0 aliphatic carbocycles. The van der Waals surface area contributed by atoms with Crippen LogP contribution in [0.2, 0.25) is 0 Å². The zero-order valence-corrected chi connectivity index (χ0v) is 12.1. The minimum absolute atomic E-state index is 0.0243. The second-order valence-electron chi connectivity index (χ2n) is 5.13. The third kappa shape index (κ3) is 2.84. The zero-order chi connectivity index (χ0) is 14.7. The van der Waals surface area contributed by atoms with Crippen LogP contribution in [-0.4, -0.2) is 25.3 Å². The zero-order valence-electron chi connectivity index (χ0n) is 12.1. The van der Waals surface area contributed by atoms with Crippen LogP contribution in [0.1, 0.15) is 6.92 Å². The number of anilines is 2. The van der Waals surface area contributed by atoms with Crippen LogP contribution in [-0.2, 0) is 4.79 Å². The molecular weight excluding hydrogens is 262 g/mol. The quantitative estimate of drug-likeness (QED) is 0.938. The van der Waals surface area contributed by atoms with Gasteiger partial charge in [0.1, 0.15) is 0 Å². The Kier molecular flexibility index (Phi) is 3.77. The van der Waals surface area contributed by atoms with Gasteiger partial charge in [0, 0.05) is 31.4 Å². The lowest BCUT2D eigenvalue weighted by Crippen LogP contribution is -2.51. The molecule has 21 heavy (non-hydrogen) atoms. The van der Waals surface area contributed by atoms with Crippen LogP contribution < -0.4 is 15.1 Å². The maximum atomic E-state index is 11.6. The first-order chi connectivity index (χ1) is 10.3. The average Bonchev–Trinajstić information content (AvgIpc) is 2.92. The molecule has 3 rings (SSSR count). The fraction of sp³-hybridized carbons (Fsp3) is 0.235. The lowest BCUT2D eigenvalue weighted by Gasteiger charge is -2.32. The Morgan fingerprint density at radius 1 is 0.905 bits per heavy atom. The van der Waals surface area contributed by atoms with Crippen LogP contribution in [0.3, 0.4) is 0 Å². The van der Waals surface area contributed by atoms with Gasteiger partial charge in [-0.25, -0.2) is 0 Å². The van der Waals surface area contributed by atoms with Gasteiger partial charge in [0.2, 0.25) is 5.91 Å². The monoisotopic (exact) mass is 281 g/mol. The molecule has 0 radical (unpaired) electrons. The maximum absolute atomic E-state index is 11.6. The Labute approximate surface area is 125 Å². The number of para-hydroxylation sites is 2. The summed E-state index contributed by atoms with van der Waals surface area (Å²) in [7, 11) is 0. The summed E-state index contributed by atoms with van der Waals surface area (Å²) in [6.45, 7) is 3.32. The third-order valence-corrected chi connectivity index (χ3v) is 3.68. The first kappa shape index (κ1) is 13.5. The van der Waals surface area contributed by atoms with Crippen molar-refractivity contribution in [2.24, 2.45) is 0 Å². The number of hydrogen-bond acceptors (Lipinski definition) is 3. The number of rotatable bonds is 3. The minimum atomic E-state index is -0.146. The summed E-state index contributed by atoms with van der Waals surface area (Å²) in [6, 6.07) is 20.4. The molecule has 108 valence electrons. The molecule has 1 fully saturated rings. The summed E-state index contributed by atoms with van der Waals surface area (Å²) in [5.41, 5.74) is 2.24. The number of carbonyl (C=O) groups is 1. The second-order valence-corrected chi connectivity index (χ2v) is 5.13. The van der Waals surface area contributed by atoms with Crippen LogP contribution in [0, 0.1) is 0 Å². The molecule has 1 N–H and O–H groups in total. The number of hydrogen-bond donors (Lipinski definition) is 1. The number of amides is 1. The molecule has 0 aromatic heterocycles. The lowest BCUT2D eigenvalue weighted by molar-refractivity contribution is -0.119. The first-order valence-corrected chi connectivity index (χ1v) is 7.16. The minimum Gasteiger partial charge on any atom is -0.332 e. The molecule has 1 saturated heterocycles. The normalized spacial score (nSPS) is 15.3. The van der Waals surface area contributed by atoms with Gasteiger partial charge in [-0.1, -0.05) is 36.4 Å². The van der Waals surface area contributed by atoms with E-state index in [4.69, 9.17) is 0 Å². The van der Waals surface area contributed by atoms with Gasteiger partial charge in [-0.15, -0.1) is 0 Å². The highest BCUT2D eigenvalue weighted by molar-refractivity contribution is 5.75. The van der Waals surface area contributed by atoms with Gasteiger partial charge in [0.25, 0.3) is 0 Å². The van der Waals surface area contributed by atoms with E-state index in [1.807, 2.05) is 36.4 Å². The van der Waals surface area contributed by atoms with E-state index in [1.54, 1.807) is 6.92 Å². The molecule has 0 unspecified atom stereocenters. The van der Waals surface area contributed by atoms with Crippen molar-refractivity contribution >= 4 is 17.3 Å². The molecule has 0 atom stereocenters. The smallest absolute Gasteiger partial charge is 0.219 e. The summed E-state index contributed by atoms with van der Waals surface area (Å²) >= 11 is 0. The second kappa shape index (κ2) is 5.87. The highest BCUT2D eigenvalue weighted by Crippen LogP contribution is 2.26. The third-order valence-electron chi connectivity index (χ3n) is 3.68. The Morgan fingerprint density at radius 2 is 1.33 bits per heavy atom. The number of nitrogens with one attached hydrogen (secondary N) is 1. The van der Waals surface area contributed by atoms with E-state index in [0.29, 0.717) is 0 Å². The topological polar surface area (TPSA) is 35.6 Å². The van der Waals surface area contributed by atoms with E-state index in [9.17, 15) is 4.79 Å². The summed E-state index contributed by atoms with van der Waals surface area (Å²) in [4.78, 5) is 16.0. The van der Waals surface area contributed by atoms with Gasteiger partial charge in [0.05, 0.1) is 0 Å². The maximum Gasteiger partial charge on any atom is 0.219 e. The van der Waals surface area contributed by atoms with Gasteiger partial charge < -0.3 is 15.1 Å². The van der Waals surface area contributed by atoms with Crippen molar-refractivity contribution in [3.63, 3.8) is 0 Å². The Bertz CT molecular complexity index is 552. The molecule has 1 amide bonds. The van der Waals surface area contributed by atoms with Crippen molar-refractivity contribution in [3.05, 3.63) is 60.7 Å². The van der Waals surface area contributed by atoms with Crippen molar-refractivity contribution in [2.75, 3.05) is 22.9 Å². The summed E-state index contributed by atoms with van der Waals surface area (Å²) in [5, 5.41) is 3.05. The van der Waals surface area contributed by atoms with Gasteiger partial charge in [-0.2, -0.15) is 0 Å². The Hall–Kier alpha value is -2.49. The standard InChI is InChI=1S/C17H19N3O/c1-14(21)18-17-19(15-8-4-2-5-9-15)12-13-20(17)16-10-6-3-7-11-16/h2-11,17H,12-13H2,1H3,(H,18,21). The molecule has 1 aliphatic heterocycles. The van der Waals surface area contributed by atoms with E-state index in [-0.39, 0.29) is 12.2 Å². The molecule has 4 heteroatoms. The van der Waals surface area contributed by atoms with Crippen LogP contribution >= 0.6 is 0 Å². The average molecular weight is 281 g/mol. The summed E-state index contributed by atoms with van der Waals surface area (Å²) in [6.07, 6.45) is -0.146. The van der Waals surface area contributed by atoms with Crippen LogP contribution in [0.25, 0.3) is 0 Å². The predicted octanol–water partition coefficient (Wildman–Crippen LogP) is 2.43. The Morgan fingerprint density at radius 3 is 1.71 bits per heavy atom. The predicted molar refractivity (Wildman–Crippen MR) is 85.2 cm³/mol. The highest BCUT2D eigenvalue weighted by atomic mass is 16.1. The Balaban J connectivity index is 1.91. The summed E-state index contributed by atoms with van der Waals surface area (Å²) < 4.78 is 0. The van der Waals surface area contributed by atoms with Gasteiger partial charge >= 0.3 is 0 Å². The van der Waals surface area contributed by atoms with Crippen molar-refractivity contribution < 1.29 is 4.79 Å². The van der Waals surface area contributed by atoms with Gasteiger partial charge in [-0.05, 0) is 24.3 Å². The number of carbonyl (C=O) groups excluding carboxylic acids is 1. The van der Waals surface area contributed by atoms with Crippen LogP contribution in [0.15, 0.2) is 60.7 Å². The fourth-order valence-electron chi connectivity index (χ4n) is 2.75. The number of nitrogens with zero attached hydrogens (tertiary/aromatic N) is 2. The van der Waals surface area contributed by atoms with E-state index >= 15 is 0 Å². The van der Waals surface area contributed by atoms with Crippen LogP contribution in [0.4, 0.5) is 11.4 Å². The largest absolute Gasteiger partial charge is 0.332 e. The molecule has 2 aromatic rings. The van der Waals surface area contributed by atoms with E-state index in [1.165, 1.54) is 0 Å². The van der Waals surface area contributed by atoms with E-state index in [0.717, 1.165) is 24.5 Å². The first-order valence-electron chi connectivity index (χ1n) is 7.16. The van der Waals surface area contributed by atoms with Crippen molar-refractivity contribution in [1.29, 1.82) is 0 Å². The lowest BCUT2D eigenvalue weighted by atomic mass is 10.3. The molecule has 1 aliphatic rings. The van der Waals surface area contributed by atoms with Gasteiger partial charge in [0.15, 0.2) is 6.29 Å². The van der Waals surface area contributed by atoms with E-state index in [2.05, 4.69) is 39.4 Å². The van der Waals surface area contributed by atoms with Crippen molar-refractivity contribution in [1.82, 2.24) is 5.32 Å². The molecule has 0 spiro atoms. The molecule has 4 nitrogen and oxygen atoms in total. The fourth-order valence-corrected chi connectivity index (χ4v) is 2.75. The van der Waals surface area contributed by atoms with E-state index < -0.39 is 0 Å². The molecule has 0 bridgehead atoms. The molecular formula is C17H19N3O. The molecule has 1 heterocycles. The van der Waals surface area contributed by atoms with Gasteiger partial charge in [-0.3, -0.25) is 4.79 Å². The summed E-state index contributed by atoms with van der Waals surface area (Å²) in [5.74, 6) is -0.0243. The molecule has 0 saturated carbocycles. The highest BCUT2D eigenvalue weighted by Gasteiger charge is 2.32. The SMILES string of the molecule is CC(=O)NC1N(c2ccccc2)CCN1c1ccccc1.